The molecule has 18 nitrogen and oxygen atoms in total. The van der Waals surface area contributed by atoms with Crippen molar-refractivity contribution in [1.82, 2.24) is 25.7 Å². The lowest BCUT2D eigenvalue weighted by molar-refractivity contribution is -0.200. The van der Waals surface area contributed by atoms with E-state index in [-0.39, 0.29) is 67.8 Å². The van der Waals surface area contributed by atoms with Gasteiger partial charge in [-0.3, -0.25) is 19.2 Å². The topological polar surface area (TPSA) is 247 Å². The van der Waals surface area contributed by atoms with E-state index in [1.54, 1.807) is 0 Å². The van der Waals surface area contributed by atoms with Crippen LogP contribution in [0.3, 0.4) is 0 Å². The summed E-state index contributed by atoms with van der Waals surface area (Å²) in [5, 5.41) is 14.1. The van der Waals surface area contributed by atoms with Crippen molar-refractivity contribution in [3.8, 4) is 5.75 Å². The molecule has 1 aromatic heterocycles. The summed E-state index contributed by atoms with van der Waals surface area (Å²) < 4.78 is 40.5. The van der Waals surface area contributed by atoms with Gasteiger partial charge >= 0.3 is 11.9 Å². The van der Waals surface area contributed by atoms with Gasteiger partial charge in [-0.25, -0.2) is 28.0 Å². The smallest absolute Gasteiger partial charge is 0.358 e. The average molecular weight is 652 g/mol. The molecule has 2 heterocycles. The number of benzene rings is 1. The summed E-state index contributed by atoms with van der Waals surface area (Å²) in [4.78, 5) is 81.5. The normalized spacial score (nSPS) is 12.9. The van der Waals surface area contributed by atoms with E-state index in [0.29, 0.717) is 5.06 Å². The third-order valence-corrected chi connectivity index (χ3v) is 7.21. The molecule has 0 atom stereocenters. The summed E-state index contributed by atoms with van der Waals surface area (Å²) in [6.07, 6.45) is 2.28. The second-order valence-corrected chi connectivity index (χ2v) is 11.0. The van der Waals surface area contributed by atoms with Gasteiger partial charge in [0.25, 0.3) is 17.7 Å². The number of carboxylic acids is 1. The summed E-state index contributed by atoms with van der Waals surface area (Å²) >= 11 is 0. The number of hydroxylamine groups is 2. The highest BCUT2D eigenvalue weighted by Crippen LogP contribution is 2.19. The standard InChI is InChI=1S/C26H29N5O13S/c32-21(27-7-9-42-15-25(37)44-31-22(33)5-6-23(31)34)13-41-10-8-28-26(38)17-11-29-20(30-12-17)16-45(39,40)19-3-1-18(2-4-19)43-14-24(35)36/h1-4,11-12H,5-10,13-16H2,(H,27,32)(H,28,38)(H,35,36). The fourth-order valence-corrected chi connectivity index (χ4v) is 4.65. The fraction of sp³-hybridized carbons (Fsp3) is 0.385. The molecule has 1 aromatic carbocycles. The summed E-state index contributed by atoms with van der Waals surface area (Å²) in [7, 11) is -3.84. The van der Waals surface area contributed by atoms with Gasteiger partial charge in [-0.2, -0.15) is 0 Å². The van der Waals surface area contributed by atoms with Crippen LogP contribution in [-0.2, 0) is 53.9 Å². The van der Waals surface area contributed by atoms with E-state index in [2.05, 4.69) is 25.4 Å². The minimum atomic E-state index is -3.84. The van der Waals surface area contributed by atoms with Crippen LogP contribution in [0.25, 0.3) is 0 Å². The lowest BCUT2D eigenvalue weighted by Gasteiger charge is -2.12. The lowest BCUT2D eigenvalue weighted by Crippen LogP contribution is -2.35. The average Bonchev–Trinajstić information content (AvgIpc) is 3.32. The van der Waals surface area contributed by atoms with Gasteiger partial charge in [0.1, 0.15) is 30.5 Å². The molecule has 242 valence electrons. The van der Waals surface area contributed by atoms with E-state index >= 15 is 0 Å². The molecule has 1 fully saturated rings. The Hall–Kier alpha value is -5.01. The highest BCUT2D eigenvalue weighted by Gasteiger charge is 2.32. The molecule has 1 aliphatic rings. The number of imide groups is 1. The zero-order valence-corrected chi connectivity index (χ0v) is 24.4. The zero-order chi connectivity index (χ0) is 32.8. The molecular weight excluding hydrogens is 622 g/mol. The first kappa shape index (κ1) is 34.5. The summed E-state index contributed by atoms with van der Waals surface area (Å²) in [5.74, 6) is -4.75. The molecular formula is C26H29N5O13S. The van der Waals surface area contributed by atoms with Crippen LogP contribution in [0.1, 0.15) is 29.0 Å². The van der Waals surface area contributed by atoms with Crippen molar-refractivity contribution in [2.24, 2.45) is 0 Å². The molecule has 0 aliphatic carbocycles. The molecule has 0 saturated carbocycles. The Bertz CT molecular complexity index is 1480. The summed E-state index contributed by atoms with van der Waals surface area (Å²) in [6, 6.07) is 5.19. The van der Waals surface area contributed by atoms with Crippen molar-refractivity contribution < 1.29 is 61.3 Å². The number of sulfone groups is 1. The Morgan fingerprint density at radius 1 is 0.867 bits per heavy atom. The number of aromatic nitrogens is 2. The Kier molecular flexibility index (Phi) is 12.8. The third-order valence-electron chi connectivity index (χ3n) is 5.58. The van der Waals surface area contributed by atoms with Gasteiger partial charge in [0.2, 0.25) is 5.91 Å². The highest BCUT2D eigenvalue weighted by atomic mass is 32.2. The summed E-state index contributed by atoms with van der Waals surface area (Å²) in [6.45, 7) is -1.39. The van der Waals surface area contributed by atoms with E-state index in [4.69, 9.17) is 19.3 Å². The van der Waals surface area contributed by atoms with E-state index < -0.39 is 64.4 Å². The maximum atomic E-state index is 12.7. The number of carbonyl (C=O) groups is 6. The molecule has 19 heteroatoms. The minimum absolute atomic E-state index is 0.00718. The number of ether oxygens (including phenoxy) is 3. The van der Waals surface area contributed by atoms with Crippen LogP contribution in [0.15, 0.2) is 41.6 Å². The number of aliphatic carboxylic acids is 1. The molecule has 2 aromatic rings. The highest BCUT2D eigenvalue weighted by molar-refractivity contribution is 7.90. The van der Waals surface area contributed by atoms with E-state index in [1.807, 2.05) is 0 Å². The van der Waals surface area contributed by atoms with Crippen molar-refractivity contribution in [3.63, 3.8) is 0 Å². The summed E-state index contributed by atoms with van der Waals surface area (Å²) in [5.41, 5.74) is 0.0660. The minimum Gasteiger partial charge on any atom is -0.482 e. The Labute approximate surface area is 255 Å². The number of hydrogen-bond acceptors (Lipinski definition) is 14. The van der Waals surface area contributed by atoms with Crippen LogP contribution in [-0.4, -0.2) is 110 Å². The van der Waals surface area contributed by atoms with Crippen LogP contribution < -0.4 is 15.4 Å². The van der Waals surface area contributed by atoms with Crippen molar-refractivity contribution >= 4 is 45.4 Å². The first-order chi connectivity index (χ1) is 21.4. The zero-order valence-electron chi connectivity index (χ0n) is 23.6. The molecule has 1 saturated heterocycles. The second kappa shape index (κ2) is 16.7. The van der Waals surface area contributed by atoms with Crippen molar-refractivity contribution in [2.75, 3.05) is 46.1 Å². The van der Waals surface area contributed by atoms with Gasteiger partial charge < -0.3 is 34.8 Å². The van der Waals surface area contributed by atoms with E-state index in [0.717, 1.165) is 12.4 Å². The molecule has 1 aliphatic heterocycles. The molecule has 3 rings (SSSR count). The van der Waals surface area contributed by atoms with E-state index in [1.165, 1.54) is 24.3 Å². The Morgan fingerprint density at radius 3 is 2.09 bits per heavy atom. The SMILES string of the molecule is O=C(O)COc1ccc(S(=O)(=O)Cc2ncc(C(=O)NCCOCC(=O)NCCOCC(=O)ON3C(=O)CCC3=O)cn2)cc1. The largest absolute Gasteiger partial charge is 0.482 e. The maximum Gasteiger partial charge on any atom is 0.358 e. The molecule has 0 radical (unpaired) electrons. The van der Waals surface area contributed by atoms with Crippen molar-refractivity contribution in [2.45, 2.75) is 23.5 Å². The number of carbonyl (C=O) groups excluding carboxylic acids is 5. The Balaban J connectivity index is 1.27. The van der Waals surface area contributed by atoms with Crippen LogP contribution in [0, 0.1) is 0 Å². The van der Waals surface area contributed by atoms with Crippen LogP contribution >= 0.6 is 0 Å². The number of nitrogens with one attached hydrogen (secondary N) is 2. The molecule has 0 unspecified atom stereocenters. The number of nitrogens with zero attached hydrogens (tertiary/aromatic N) is 3. The van der Waals surface area contributed by atoms with Gasteiger partial charge in [-0.1, -0.05) is 0 Å². The molecule has 0 spiro atoms. The van der Waals surface area contributed by atoms with Crippen LogP contribution in [0.2, 0.25) is 0 Å². The fourth-order valence-electron chi connectivity index (χ4n) is 3.45. The predicted octanol–water partition coefficient (Wildman–Crippen LogP) is -1.60. The second-order valence-electron chi connectivity index (χ2n) is 9.06. The van der Waals surface area contributed by atoms with Crippen LogP contribution in [0.5, 0.6) is 5.75 Å². The van der Waals surface area contributed by atoms with E-state index in [9.17, 15) is 37.2 Å². The van der Waals surface area contributed by atoms with Crippen LogP contribution in [0.4, 0.5) is 0 Å². The number of carboxylic acid groups (broad SMARTS) is 1. The Morgan fingerprint density at radius 2 is 1.47 bits per heavy atom. The van der Waals surface area contributed by atoms with Gasteiger partial charge in [0.15, 0.2) is 16.4 Å². The molecule has 45 heavy (non-hydrogen) atoms. The van der Waals surface area contributed by atoms with Crippen molar-refractivity contribution in [1.29, 1.82) is 0 Å². The lowest BCUT2D eigenvalue weighted by atomic mass is 10.3. The van der Waals surface area contributed by atoms with Gasteiger partial charge in [0.05, 0.1) is 23.7 Å². The number of amides is 4. The first-order valence-electron chi connectivity index (χ1n) is 13.2. The maximum absolute atomic E-state index is 12.7. The number of hydrogen-bond donors (Lipinski definition) is 3. The number of rotatable bonds is 18. The van der Waals surface area contributed by atoms with Gasteiger partial charge in [-0.15, -0.1) is 5.06 Å². The monoisotopic (exact) mass is 651 g/mol. The van der Waals surface area contributed by atoms with Crippen molar-refractivity contribution in [3.05, 3.63) is 48.0 Å². The van der Waals surface area contributed by atoms with Gasteiger partial charge in [-0.05, 0) is 24.3 Å². The predicted molar refractivity (Wildman–Crippen MR) is 147 cm³/mol. The third kappa shape index (κ3) is 11.5. The van der Waals surface area contributed by atoms with Gasteiger partial charge in [0, 0.05) is 38.3 Å². The molecule has 0 bridgehead atoms. The molecule has 3 N–H and O–H groups in total. The first-order valence-corrected chi connectivity index (χ1v) is 14.8. The molecule has 4 amide bonds. The quantitative estimate of drug-likeness (QED) is 0.121.